The van der Waals surface area contributed by atoms with E-state index in [9.17, 15) is 0 Å². The van der Waals surface area contributed by atoms with Gasteiger partial charge in [-0.3, -0.25) is 0 Å². The molecule has 0 aliphatic heterocycles. The number of likely N-dealkylation sites (N-methyl/N-ethyl adjacent to an activating group) is 1. The molecule has 0 saturated heterocycles. The maximum Gasteiger partial charge on any atom is 0.0833 e. The number of rotatable bonds is 5. The van der Waals surface area contributed by atoms with E-state index >= 15 is 0 Å². The summed E-state index contributed by atoms with van der Waals surface area (Å²) in [5, 5.41) is 3.78. The summed E-state index contributed by atoms with van der Waals surface area (Å²) >= 11 is 0. The number of methoxy groups -OCH3 is 1. The van der Waals surface area contributed by atoms with Crippen molar-refractivity contribution in [2.24, 2.45) is 11.8 Å². The molecule has 0 heterocycles. The molecule has 2 fully saturated rings. The van der Waals surface area contributed by atoms with Crippen molar-refractivity contribution >= 4 is 0 Å². The van der Waals surface area contributed by atoms with Crippen molar-refractivity contribution in [3.05, 3.63) is 0 Å². The maximum absolute atomic E-state index is 6.03. The highest BCUT2D eigenvalue weighted by atomic mass is 16.5. The van der Waals surface area contributed by atoms with Gasteiger partial charge in [-0.05, 0) is 44.1 Å². The van der Waals surface area contributed by atoms with Gasteiger partial charge in [-0.2, -0.15) is 0 Å². The predicted octanol–water partition coefficient (Wildman–Crippen LogP) is 3.75. The normalized spacial score (nSPS) is 33.5. The molecule has 2 aliphatic rings. The third-order valence-corrected chi connectivity index (χ3v) is 5.38. The van der Waals surface area contributed by atoms with Crippen LogP contribution < -0.4 is 5.32 Å². The Morgan fingerprint density at radius 1 is 1.17 bits per heavy atom. The number of nitrogens with one attached hydrogen (secondary N) is 1. The number of ether oxygens (including phenoxy) is 1. The molecule has 0 amide bonds. The second kappa shape index (κ2) is 6.38. The van der Waals surface area contributed by atoms with Gasteiger partial charge in [0, 0.05) is 13.2 Å². The average Bonchev–Trinajstić information content (AvgIpc) is 2.87. The monoisotopic (exact) mass is 253 g/mol. The third kappa shape index (κ3) is 2.91. The minimum Gasteiger partial charge on any atom is -0.377 e. The van der Waals surface area contributed by atoms with Gasteiger partial charge in [0.05, 0.1) is 5.60 Å². The van der Waals surface area contributed by atoms with Gasteiger partial charge in [0.25, 0.3) is 0 Å². The van der Waals surface area contributed by atoms with Crippen LogP contribution in [0.25, 0.3) is 0 Å². The Kier molecular flexibility index (Phi) is 5.08. The molecule has 0 spiro atoms. The van der Waals surface area contributed by atoms with Gasteiger partial charge in [-0.1, -0.05) is 39.5 Å². The molecular weight excluding hydrogens is 222 g/mol. The van der Waals surface area contributed by atoms with Crippen LogP contribution in [-0.4, -0.2) is 25.3 Å². The molecule has 106 valence electrons. The highest BCUT2D eigenvalue weighted by molar-refractivity contribution is 5.00. The Bertz CT molecular complexity index is 239. The lowest BCUT2D eigenvalue weighted by molar-refractivity contribution is -0.0573. The van der Waals surface area contributed by atoms with Gasteiger partial charge in [-0.15, -0.1) is 0 Å². The summed E-state index contributed by atoms with van der Waals surface area (Å²) in [6.45, 7) is 5.71. The lowest BCUT2D eigenvalue weighted by Gasteiger charge is -2.43. The highest BCUT2D eigenvalue weighted by Gasteiger charge is 2.45. The molecular formula is C16H31NO. The second-order valence-corrected chi connectivity index (χ2v) is 6.53. The lowest BCUT2D eigenvalue weighted by atomic mass is 9.73. The summed E-state index contributed by atoms with van der Waals surface area (Å²) in [7, 11) is 1.93. The second-order valence-electron chi connectivity index (χ2n) is 6.53. The van der Waals surface area contributed by atoms with Crippen LogP contribution in [0.2, 0.25) is 0 Å². The Balaban J connectivity index is 2.06. The van der Waals surface area contributed by atoms with Crippen molar-refractivity contribution in [2.45, 2.75) is 76.9 Å². The lowest BCUT2D eigenvalue weighted by Crippen LogP contribution is -2.55. The van der Waals surface area contributed by atoms with E-state index in [1.54, 1.807) is 0 Å². The molecule has 1 N–H and O–H groups in total. The Hall–Kier alpha value is -0.0800. The van der Waals surface area contributed by atoms with E-state index in [2.05, 4.69) is 19.2 Å². The van der Waals surface area contributed by atoms with Gasteiger partial charge in [0.15, 0.2) is 0 Å². The van der Waals surface area contributed by atoms with Crippen molar-refractivity contribution in [1.82, 2.24) is 5.32 Å². The SMILES string of the molecule is CCNC(C1CCC(C)CC1)C1(OC)CCCC1. The first kappa shape index (κ1) is 14.3. The van der Waals surface area contributed by atoms with Crippen molar-refractivity contribution in [3.63, 3.8) is 0 Å². The van der Waals surface area contributed by atoms with Crippen LogP contribution in [0.3, 0.4) is 0 Å². The Morgan fingerprint density at radius 3 is 2.28 bits per heavy atom. The van der Waals surface area contributed by atoms with E-state index in [0.717, 1.165) is 18.4 Å². The largest absolute Gasteiger partial charge is 0.377 e. The molecule has 2 saturated carbocycles. The molecule has 0 aromatic heterocycles. The van der Waals surface area contributed by atoms with Crippen LogP contribution in [0, 0.1) is 11.8 Å². The molecule has 2 heteroatoms. The number of hydrogen-bond acceptors (Lipinski definition) is 2. The molecule has 0 radical (unpaired) electrons. The van der Waals surface area contributed by atoms with Crippen molar-refractivity contribution in [2.75, 3.05) is 13.7 Å². The summed E-state index contributed by atoms with van der Waals surface area (Å²) in [4.78, 5) is 0. The van der Waals surface area contributed by atoms with E-state index in [1.165, 1.54) is 51.4 Å². The molecule has 2 aliphatic carbocycles. The third-order valence-electron chi connectivity index (χ3n) is 5.38. The maximum atomic E-state index is 6.03. The fourth-order valence-electron chi connectivity index (χ4n) is 4.24. The minimum atomic E-state index is 0.140. The highest BCUT2D eigenvalue weighted by Crippen LogP contribution is 2.42. The standard InChI is InChI=1S/C16H31NO/c1-4-17-15(14-9-7-13(2)8-10-14)16(18-3)11-5-6-12-16/h13-15,17H,4-12H2,1-3H3. The zero-order chi connectivity index (χ0) is 13.0. The van der Waals surface area contributed by atoms with Gasteiger partial charge in [0.1, 0.15) is 0 Å². The molecule has 0 aromatic carbocycles. The quantitative estimate of drug-likeness (QED) is 0.805. The summed E-state index contributed by atoms with van der Waals surface area (Å²) in [6, 6.07) is 0.586. The van der Waals surface area contributed by atoms with E-state index < -0.39 is 0 Å². The fraction of sp³-hybridized carbons (Fsp3) is 1.00. The Morgan fingerprint density at radius 2 is 1.78 bits per heavy atom. The van der Waals surface area contributed by atoms with E-state index in [1.807, 2.05) is 7.11 Å². The predicted molar refractivity (Wildman–Crippen MR) is 76.8 cm³/mol. The van der Waals surface area contributed by atoms with Crippen molar-refractivity contribution in [3.8, 4) is 0 Å². The van der Waals surface area contributed by atoms with Crippen LogP contribution in [0.15, 0.2) is 0 Å². The summed E-state index contributed by atoms with van der Waals surface area (Å²) in [6.07, 6.45) is 10.8. The first-order valence-corrected chi connectivity index (χ1v) is 8.00. The first-order chi connectivity index (χ1) is 8.72. The van der Waals surface area contributed by atoms with Gasteiger partial charge in [0.2, 0.25) is 0 Å². The molecule has 18 heavy (non-hydrogen) atoms. The van der Waals surface area contributed by atoms with Crippen LogP contribution in [0.1, 0.15) is 65.2 Å². The molecule has 1 unspecified atom stereocenters. The Labute approximate surface area is 113 Å². The van der Waals surface area contributed by atoms with Crippen LogP contribution in [0.5, 0.6) is 0 Å². The van der Waals surface area contributed by atoms with E-state index in [-0.39, 0.29) is 5.60 Å². The molecule has 2 rings (SSSR count). The van der Waals surface area contributed by atoms with Gasteiger partial charge < -0.3 is 10.1 Å². The molecule has 2 nitrogen and oxygen atoms in total. The van der Waals surface area contributed by atoms with Crippen LogP contribution in [-0.2, 0) is 4.74 Å². The summed E-state index contributed by atoms with van der Waals surface area (Å²) < 4.78 is 6.03. The van der Waals surface area contributed by atoms with Crippen LogP contribution >= 0.6 is 0 Å². The summed E-state index contributed by atoms with van der Waals surface area (Å²) in [5.41, 5.74) is 0.140. The number of hydrogen-bond donors (Lipinski definition) is 1. The smallest absolute Gasteiger partial charge is 0.0833 e. The van der Waals surface area contributed by atoms with Crippen molar-refractivity contribution in [1.29, 1.82) is 0 Å². The zero-order valence-electron chi connectivity index (χ0n) is 12.5. The zero-order valence-corrected chi connectivity index (χ0v) is 12.5. The topological polar surface area (TPSA) is 21.3 Å². The minimum absolute atomic E-state index is 0.140. The molecule has 0 aromatic rings. The van der Waals surface area contributed by atoms with Gasteiger partial charge >= 0.3 is 0 Å². The van der Waals surface area contributed by atoms with Crippen molar-refractivity contribution < 1.29 is 4.74 Å². The van der Waals surface area contributed by atoms with Gasteiger partial charge in [-0.25, -0.2) is 0 Å². The van der Waals surface area contributed by atoms with Crippen LogP contribution in [0.4, 0.5) is 0 Å². The average molecular weight is 253 g/mol. The molecule has 0 bridgehead atoms. The first-order valence-electron chi connectivity index (χ1n) is 8.00. The molecule has 1 atom stereocenters. The summed E-state index contributed by atoms with van der Waals surface area (Å²) in [5.74, 6) is 1.77. The van der Waals surface area contributed by atoms with E-state index in [0.29, 0.717) is 6.04 Å². The van der Waals surface area contributed by atoms with E-state index in [4.69, 9.17) is 4.74 Å². The fourth-order valence-corrected chi connectivity index (χ4v) is 4.24.